The van der Waals surface area contributed by atoms with Gasteiger partial charge in [0, 0.05) is 30.9 Å². The van der Waals surface area contributed by atoms with E-state index in [9.17, 15) is 9.18 Å². The molecule has 166 valence electrons. The second-order valence-electron chi connectivity index (χ2n) is 8.29. The van der Waals surface area contributed by atoms with Crippen molar-refractivity contribution in [3.8, 4) is 22.6 Å². The van der Waals surface area contributed by atoms with Crippen LogP contribution in [-0.4, -0.2) is 49.5 Å². The van der Waals surface area contributed by atoms with Gasteiger partial charge in [0.05, 0.1) is 12.5 Å². The predicted octanol–water partition coefficient (Wildman–Crippen LogP) is 4.19. The molecule has 0 fully saturated rings. The SMILES string of the molecule is CN(C)CCOc1cc(-c2ccncc2)ccc1CC(=O)C1COc2c(F)cccc2C1. The Morgan fingerprint density at radius 2 is 1.97 bits per heavy atom. The lowest BCUT2D eigenvalue weighted by molar-refractivity contribution is -0.123. The van der Waals surface area contributed by atoms with Crippen molar-refractivity contribution in [2.45, 2.75) is 12.8 Å². The van der Waals surface area contributed by atoms with E-state index in [1.807, 2.05) is 55.4 Å². The highest BCUT2D eigenvalue weighted by Gasteiger charge is 2.28. The van der Waals surface area contributed by atoms with Crippen LogP contribution in [0, 0.1) is 11.7 Å². The Morgan fingerprint density at radius 3 is 2.75 bits per heavy atom. The molecule has 1 aliphatic heterocycles. The van der Waals surface area contributed by atoms with Gasteiger partial charge in [-0.1, -0.05) is 24.3 Å². The van der Waals surface area contributed by atoms with Gasteiger partial charge in [-0.2, -0.15) is 0 Å². The number of nitrogens with zero attached hydrogens (tertiary/aromatic N) is 2. The molecular weight excluding hydrogens is 407 g/mol. The Hall–Kier alpha value is -3.25. The summed E-state index contributed by atoms with van der Waals surface area (Å²) in [6.07, 6.45) is 4.23. The summed E-state index contributed by atoms with van der Waals surface area (Å²) in [4.78, 5) is 19.2. The van der Waals surface area contributed by atoms with E-state index in [4.69, 9.17) is 9.47 Å². The van der Waals surface area contributed by atoms with Crippen LogP contribution in [0.1, 0.15) is 11.1 Å². The first-order chi connectivity index (χ1) is 15.5. The molecule has 5 nitrogen and oxygen atoms in total. The number of halogens is 1. The van der Waals surface area contributed by atoms with Gasteiger partial charge >= 0.3 is 0 Å². The number of carbonyl (C=O) groups is 1. The fourth-order valence-electron chi connectivity index (χ4n) is 3.82. The number of aromatic nitrogens is 1. The summed E-state index contributed by atoms with van der Waals surface area (Å²) < 4.78 is 25.6. The lowest BCUT2D eigenvalue weighted by Gasteiger charge is -2.25. The highest BCUT2D eigenvalue weighted by molar-refractivity contribution is 5.85. The molecule has 32 heavy (non-hydrogen) atoms. The number of ketones is 1. The smallest absolute Gasteiger partial charge is 0.165 e. The van der Waals surface area contributed by atoms with E-state index in [-0.39, 0.29) is 36.3 Å². The van der Waals surface area contributed by atoms with Crippen LogP contribution in [0.3, 0.4) is 0 Å². The number of hydrogen-bond acceptors (Lipinski definition) is 5. The zero-order valence-electron chi connectivity index (χ0n) is 18.4. The van der Waals surface area contributed by atoms with Gasteiger partial charge in [0.25, 0.3) is 0 Å². The zero-order valence-corrected chi connectivity index (χ0v) is 18.4. The van der Waals surface area contributed by atoms with Crippen molar-refractivity contribution in [2.75, 3.05) is 33.9 Å². The fraction of sp³-hybridized carbons (Fsp3) is 0.308. The summed E-state index contributed by atoms with van der Waals surface area (Å²) >= 11 is 0. The average Bonchev–Trinajstić information content (AvgIpc) is 2.80. The first-order valence-corrected chi connectivity index (χ1v) is 10.7. The molecular formula is C26H27FN2O3. The number of hydrogen-bond donors (Lipinski definition) is 0. The maximum Gasteiger partial charge on any atom is 0.165 e. The number of Topliss-reactive ketones (excluding diaryl/α,β-unsaturated/α-hetero) is 1. The maximum atomic E-state index is 13.9. The molecule has 1 unspecified atom stereocenters. The van der Waals surface area contributed by atoms with Gasteiger partial charge in [-0.3, -0.25) is 9.78 Å². The molecule has 0 amide bonds. The average molecular weight is 435 g/mol. The van der Waals surface area contributed by atoms with E-state index in [2.05, 4.69) is 4.98 Å². The maximum absolute atomic E-state index is 13.9. The highest BCUT2D eigenvalue weighted by Crippen LogP contribution is 2.32. The number of pyridine rings is 1. The lowest BCUT2D eigenvalue weighted by Crippen LogP contribution is -2.30. The van der Waals surface area contributed by atoms with E-state index >= 15 is 0 Å². The van der Waals surface area contributed by atoms with Gasteiger partial charge in [-0.25, -0.2) is 4.39 Å². The van der Waals surface area contributed by atoms with Gasteiger partial charge in [-0.05, 0) is 61.5 Å². The molecule has 3 aromatic rings. The normalized spacial score (nSPS) is 15.2. The van der Waals surface area contributed by atoms with E-state index in [1.165, 1.54) is 6.07 Å². The summed E-state index contributed by atoms with van der Waals surface area (Å²) in [5, 5.41) is 0. The number of fused-ring (bicyclic) bond motifs is 1. The minimum Gasteiger partial charge on any atom is -0.492 e. The molecule has 1 atom stereocenters. The number of ether oxygens (including phenoxy) is 2. The number of rotatable bonds is 8. The molecule has 0 N–H and O–H groups in total. The van der Waals surface area contributed by atoms with Crippen LogP contribution >= 0.6 is 0 Å². The molecule has 0 spiro atoms. The van der Waals surface area contributed by atoms with Gasteiger partial charge in [0.1, 0.15) is 18.1 Å². The summed E-state index contributed by atoms with van der Waals surface area (Å²) in [6.45, 7) is 1.48. The van der Waals surface area contributed by atoms with Crippen LogP contribution in [0.5, 0.6) is 11.5 Å². The second kappa shape index (κ2) is 9.92. The molecule has 1 aliphatic rings. The Morgan fingerprint density at radius 1 is 1.16 bits per heavy atom. The van der Waals surface area contributed by atoms with Crippen LogP contribution in [0.25, 0.3) is 11.1 Å². The first-order valence-electron chi connectivity index (χ1n) is 10.7. The topological polar surface area (TPSA) is 51.7 Å². The summed E-state index contributed by atoms with van der Waals surface area (Å²) in [5.41, 5.74) is 3.63. The lowest BCUT2D eigenvalue weighted by atomic mass is 9.89. The van der Waals surface area contributed by atoms with Gasteiger partial charge in [0.15, 0.2) is 11.6 Å². The minimum atomic E-state index is -0.378. The van der Waals surface area contributed by atoms with Crippen molar-refractivity contribution in [3.63, 3.8) is 0 Å². The van der Waals surface area contributed by atoms with Crippen LogP contribution in [-0.2, 0) is 17.6 Å². The predicted molar refractivity (Wildman–Crippen MR) is 122 cm³/mol. The second-order valence-corrected chi connectivity index (χ2v) is 8.29. The Bertz CT molecular complexity index is 1090. The molecule has 2 aromatic carbocycles. The quantitative estimate of drug-likeness (QED) is 0.532. The molecule has 0 bridgehead atoms. The third-order valence-corrected chi connectivity index (χ3v) is 5.64. The first kappa shape index (κ1) is 22.0. The minimum absolute atomic E-state index is 0.0639. The molecule has 4 rings (SSSR count). The van der Waals surface area contributed by atoms with E-state index in [0.717, 1.165) is 28.8 Å². The molecule has 0 aliphatic carbocycles. The van der Waals surface area contributed by atoms with E-state index < -0.39 is 0 Å². The summed E-state index contributed by atoms with van der Waals surface area (Å²) in [6, 6.07) is 14.7. The highest BCUT2D eigenvalue weighted by atomic mass is 19.1. The Kier molecular flexibility index (Phi) is 6.81. The van der Waals surface area contributed by atoms with Gasteiger partial charge in [0.2, 0.25) is 0 Å². The summed E-state index contributed by atoms with van der Waals surface area (Å²) in [7, 11) is 3.98. The van der Waals surface area contributed by atoms with Gasteiger partial charge in [-0.15, -0.1) is 0 Å². The molecule has 2 heterocycles. The zero-order chi connectivity index (χ0) is 22.5. The number of benzene rings is 2. The van der Waals surface area contributed by atoms with Crippen LogP contribution in [0.2, 0.25) is 0 Å². The largest absolute Gasteiger partial charge is 0.492 e. The Balaban J connectivity index is 1.53. The summed E-state index contributed by atoms with van der Waals surface area (Å²) in [5.74, 6) is 0.355. The molecule has 1 aromatic heterocycles. The van der Waals surface area contributed by atoms with Crippen molar-refractivity contribution in [1.29, 1.82) is 0 Å². The van der Waals surface area contributed by atoms with E-state index in [1.54, 1.807) is 18.5 Å². The van der Waals surface area contributed by atoms with Crippen molar-refractivity contribution < 1.29 is 18.7 Å². The van der Waals surface area contributed by atoms with Crippen LogP contribution < -0.4 is 9.47 Å². The van der Waals surface area contributed by atoms with Crippen molar-refractivity contribution in [3.05, 3.63) is 77.9 Å². The fourth-order valence-corrected chi connectivity index (χ4v) is 3.82. The van der Waals surface area contributed by atoms with Crippen molar-refractivity contribution in [1.82, 2.24) is 9.88 Å². The molecule has 0 saturated heterocycles. The van der Waals surface area contributed by atoms with Crippen molar-refractivity contribution in [2.24, 2.45) is 5.92 Å². The van der Waals surface area contributed by atoms with Crippen LogP contribution in [0.15, 0.2) is 60.9 Å². The number of carbonyl (C=O) groups excluding carboxylic acids is 1. The number of likely N-dealkylation sites (N-methyl/N-ethyl adjacent to an activating group) is 1. The molecule has 0 saturated carbocycles. The third kappa shape index (κ3) is 5.14. The van der Waals surface area contributed by atoms with E-state index in [0.29, 0.717) is 18.8 Å². The molecule has 0 radical (unpaired) electrons. The molecule has 6 heteroatoms. The van der Waals surface area contributed by atoms with Gasteiger partial charge < -0.3 is 14.4 Å². The number of para-hydroxylation sites is 1. The van der Waals surface area contributed by atoms with Crippen LogP contribution in [0.4, 0.5) is 4.39 Å². The third-order valence-electron chi connectivity index (χ3n) is 5.64. The monoisotopic (exact) mass is 434 g/mol. The van der Waals surface area contributed by atoms with Crippen molar-refractivity contribution >= 4 is 5.78 Å². The Labute approximate surface area is 187 Å². The standard InChI is InChI=1S/C26H27FN2O3/c1-29(2)12-13-31-25-16-19(18-8-10-28-11-9-18)6-7-20(25)15-24(30)22-14-21-4-3-5-23(27)26(21)32-17-22/h3-11,16,22H,12-15,17H2,1-2H3.